The Hall–Kier alpha value is -1.60. The minimum Gasteiger partial charge on any atom is -0.384 e. The van der Waals surface area contributed by atoms with Gasteiger partial charge in [-0.1, -0.05) is 12.1 Å². The molecule has 0 saturated heterocycles. The van der Waals surface area contributed by atoms with Crippen LogP contribution in [0.25, 0.3) is 0 Å². The van der Waals surface area contributed by atoms with Crippen molar-refractivity contribution >= 4 is 21.7 Å². The Morgan fingerprint density at radius 2 is 1.84 bits per heavy atom. The van der Waals surface area contributed by atoms with Crippen molar-refractivity contribution in [3.8, 4) is 0 Å². The molecule has 0 unspecified atom stereocenters. The maximum Gasteiger partial charge on any atom is 0.301 e. The number of rotatable bonds is 4. The Balaban J connectivity index is 3.21. The second kappa shape index (κ2) is 5.18. The number of nitrogen functional groups attached to an aromatic ring is 1. The van der Waals surface area contributed by atoms with E-state index in [-0.39, 0.29) is 5.84 Å². The van der Waals surface area contributed by atoms with Gasteiger partial charge in [0.05, 0.1) is 5.69 Å². The third-order valence-corrected chi connectivity index (χ3v) is 4.12. The van der Waals surface area contributed by atoms with Crippen molar-refractivity contribution in [3.05, 3.63) is 29.8 Å². The average molecular weight is 284 g/mol. The number of anilines is 1. The first-order chi connectivity index (χ1) is 8.54. The summed E-state index contributed by atoms with van der Waals surface area (Å²) in [5, 5.41) is 7.49. The zero-order valence-electron chi connectivity index (χ0n) is 11.6. The number of hydrogen-bond donors (Lipinski definition) is 3. The van der Waals surface area contributed by atoms with E-state index in [9.17, 15) is 8.42 Å². The summed E-state index contributed by atoms with van der Waals surface area (Å²) in [6.45, 7) is 5.28. The molecule has 0 saturated carbocycles. The van der Waals surface area contributed by atoms with Crippen molar-refractivity contribution in [1.29, 1.82) is 5.41 Å². The van der Waals surface area contributed by atoms with E-state index in [2.05, 4.69) is 4.72 Å². The average Bonchev–Trinajstić information content (AvgIpc) is 2.24. The monoisotopic (exact) mass is 284 g/mol. The van der Waals surface area contributed by atoms with Crippen molar-refractivity contribution in [2.45, 2.75) is 26.3 Å². The Labute approximate surface area is 114 Å². The summed E-state index contributed by atoms with van der Waals surface area (Å²) >= 11 is 0. The zero-order chi connectivity index (χ0) is 14.8. The lowest BCUT2D eigenvalue weighted by molar-refractivity contribution is 0.490. The number of nitrogens with zero attached hydrogens (tertiary/aromatic N) is 1. The number of amidine groups is 1. The van der Waals surface area contributed by atoms with Crippen LogP contribution in [-0.4, -0.2) is 26.8 Å². The predicted octanol–water partition coefficient (Wildman–Crippen LogP) is 1.04. The first-order valence-corrected chi connectivity index (χ1v) is 7.20. The van der Waals surface area contributed by atoms with Crippen molar-refractivity contribution in [1.82, 2.24) is 4.72 Å². The lowest BCUT2D eigenvalue weighted by atomic mass is 10.1. The summed E-state index contributed by atoms with van der Waals surface area (Å²) in [6, 6.07) is 6.63. The van der Waals surface area contributed by atoms with E-state index in [1.165, 1.54) is 7.05 Å². The quantitative estimate of drug-likeness (QED) is 0.569. The maximum atomic E-state index is 12.2. The second-order valence-corrected chi connectivity index (χ2v) is 6.96. The van der Waals surface area contributed by atoms with Gasteiger partial charge < -0.3 is 5.73 Å². The molecule has 0 radical (unpaired) electrons. The fourth-order valence-electron chi connectivity index (χ4n) is 1.56. The van der Waals surface area contributed by atoms with E-state index >= 15 is 0 Å². The highest BCUT2D eigenvalue weighted by atomic mass is 32.2. The summed E-state index contributed by atoms with van der Waals surface area (Å²) in [5.41, 5.74) is 5.63. The van der Waals surface area contributed by atoms with Gasteiger partial charge in [0.25, 0.3) is 0 Å². The third-order valence-electron chi connectivity index (χ3n) is 2.33. The zero-order valence-corrected chi connectivity index (χ0v) is 12.4. The summed E-state index contributed by atoms with van der Waals surface area (Å²) in [7, 11) is -2.27. The van der Waals surface area contributed by atoms with Crippen LogP contribution in [0.1, 0.15) is 26.3 Å². The molecule has 4 N–H and O–H groups in total. The molecule has 0 bridgehead atoms. The highest BCUT2D eigenvalue weighted by Gasteiger charge is 2.26. The van der Waals surface area contributed by atoms with Gasteiger partial charge in [-0.15, -0.1) is 0 Å². The Kier molecular flexibility index (Phi) is 4.21. The van der Waals surface area contributed by atoms with Gasteiger partial charge in [-0.3, -0.25) is 9.71 Å². The standard InChI is InChI=1S/C12H20N4O2S/c1-12(2,3)15-19(17,18)16(4)10-8-6-5-7-9(10)11(13)14/h5-8,15H,1-4H3,(H3,13,14). The maximum absolute atomic E-state index is 12.2. The molecule has 19 heavy (non-hydrogen) atoms. The fourth-order valence-corrected chi connectivity index (χ4v) is 2.89. The van der Waals surface area contributed by atoms with Crippen molar-refractivity contribution in [2.75, 3.05) is 11.4 Å². The number of benzene rings is 1. The van der Waals surface area contributed by atoms with E-state index in [1.807, 2.05) is 0 Å². The molecule has 0 atom stereocenters. The van der Waals surface area contributed by atoms with Crippen molar-refractivity contribution in [3.63, 3.8) is 0 Å². The molecule has 1 rings (SSSR count). The highest BCUT2D eigenvalue weighted by Crippen LogP contribution is 2.21. The Morgan fingerprint density at radius 3 is 2.32 bits per heavy atom. The van der Waals surface area contributed by atoms with Crippen LogP contribution in [-0.2, 0) is 10.2 Å². The van der Waals surface area contributed by atoms with Crippen LogP contribution in [0.3, 0.4) is 0 Å². The SMILES string of the molecule is CN(c1ccccc1C(=N)N)S(=O)(=O)NC(C)(C)C. The summed E-state index contributed by atoms with van der Waals surface area (Å²) in [5.74, 6) is -0.173. The summed E-state index contributed by atoms with van der Waals surface area (Å²) < 4.78 is 28.1. The van der Waals surface area contributed by atoms with Gasteiger partial charge in [-0.05, 0) is 32.9 Å². The molecule has 0 fully saturated rings. The molecule has 0 aliphatic carbocycles. The summed E-state index contributed by atoms with van der Waals surface area (Å²) in [4.78, 5) is 0. The third kappa shape index (κ3) is 3.93. The lowest BCUT2D eigenvalue weighted by Gasteiger charge is -2.27. The first-order valence-electron chi connectivity index (χ1n) is 5.76. The molecule has 106 valence electrons. The minimum absolute atomic E-state index is 0.173. The number of nitrogens with one attached hydrogen (secondary N) is 2. The molecule has 1 aromatic rings. The molecule has 1 aromatic carbocycles. The molecule has 0 aromatic heterocycles. The minimum atomic E-state index is -3.70. The van der Waals surface area contributed by atoms with Crippen LogP contribution in [0, 0.1) is 5.41 Å². The molecular formula is C12H20N4O2S. The largest absolute Gasteiger partial charge is 0.384 e. The van der Waals surface area contributed by atoms with Crippen molar-refractivity contribution < 1.29 is 8.42 Å². The van der Waals surface area contributed by atoms with Crippen LogP contribution in [0.5, 0.6) is 0 Å². The van der Waals surface area contributed by atoms with Crippen LogP contribution >= 0.6 is 0 Å². The second-order valence-electron chi connectivity index (χ2n) is 5.26. The molecular weight excluding hydrogens is 264 g/mol. The molecule has 0 amide bonds. The van der Waals surface area contributed by atoms with Crippen LogP contribution in [0.15, 0.2) is 24.3 Å². The molecule has 0 aliphatic heterocycles. The van der Waals surface area contributed by atoms with Gasteiger partial charge in [0, 0.05) is 18.2 Å². The molecule has 7 heteroatoms. The van der Waals surface area contributed by atoms with Gasteiger partial charge in [0.1, 0.15) is 5.84 Å². The molecule has 0 heterocycles. The van der Waals surface area contributed by atoms with Gasteiger partial charge in [0.15, 0.2) is 0 Å². The van der Waals surface area contributed by atoms with Crippen LogP contribution in [0.2, 0.25) is 0 Å². The van der Waals surface area contributed by atoms with E-state index in [1.54, 1.807) is 45.0 Å². The molecule has 0 aliphatic rings. The van der Waals surface area contributed by atoms with E-state index in [4.69, 9.17) is 11.1 Å². The van der Waals surface area contributed by atoms with Gasteiger partial charge in [-0.25, -0.2) is 0 Å². The van der Waals surface area contributed by atoms with Gasteiger partial charge in [-0.2, -0.15) is 13.1 Å². The topological polar surface area (TPSA) is 99.3 Å². The normalized spacial score (nSPS) is 12.2. The van der Waals surface area contributed by atoms with E-state index in [0.717, 1.165) is 4.31 Å². The number of nitrogens with two attached hydrogens (primary N) is 1. The lowest BCUT2D eigenvalue weighted by Crippen LogP contribution is -2.48. The van der Waals surface area contributed by atoms with E-state index < -0.39 is 15.7 Å². The van der Waals surface area contributed by atoms with Crippen LogP contribution < -0.4 is 14.8 Å². The molecule has 6 nitrogen and oxygen atoms in total. The Morgan fingerprint density at radius 1 is 1.32 bits per heavy atom. The first kappa shape index (κ1) is 15.5. The molecule has 0 spiro atoms. The summed E-state index contributed by atoms with van der Waals surface area (Å²) in [6.07, 6.45) is 0. The smallest absolute Gasteiger partial charge is 0.301 e. The van der Waals surface area contributed by atoms with Gasteiger partial charge >= 0.3 is 10.2 Å². The number of para-hydroxylation sites is 1. The number of hydrogen-bond acceptors (Lipinski definition) is 3. The fraction of sp³-hybridized carbons (Fsp3) is 0.417. The van der Waals surface area contributed by atoms with Crippen molar-refractivity contribution in [2.24, 2.45) is 5.73 Å². The Bertz CT molecular complexity index is 576. The van der Waals surface area contributed by atoms with Crippen LogP contribution in [0.4, 0.5) is 5.69 Å². The predicted molar refractivity (Wildman–Crippen MR) is 77.7 cm³/mol. The highest BCUT2D eigenvalue weighted by molar-refractivity contribution is 7.90. The van der Waals surface area contributed by atoms with Gasteiger partial charge in [0.2, 0.25) is 0 Å². The van der Waals surface area contributed by atoms with E-state index in [0.29, 0.717) is 11.3 Å².